The average Bonchev–Trinajstić information content (AvgIpc) is 2.03. The lowest BCUT2D eigenvalue weighted by molar-refractivity contribution is -0.142. The summed E-state index contributed by atoms with van der Waals surface area (Å²) in [7, 11) is 0. The van der Waals surface area contributed by atoms with Crippen molar-refractivity contribution >= 4 is 11.9 Å². The molecule has 6 nitrogen and oxygen atoms in total. The Kier molecular flexibility index (Phi) is 5.01. The summed E-state index contributed by atoms with van der Waals surface area (Å²) in [4.78, 5) is 21.5. The maximum Gasteiger partial charge on any atom is 0.326 e. The van der Waals surface area contributed by atoms with Crippen LogP contribution in [0.1, 0.15) is 13.3 Å². The highest BCUT2D eigenvalue weighted by atomic mass is 16.4. The Hall–Kier alpha value is -1.14. The molecular weight excluding hydrogens is 174 g/mol. The van der Waals surface area contributed by atoms with Crippen molar-refractivity contribution in [1.82, 2.24) is 5.32 Å². The third-order valence-corrected chi connectivity index (χ3v) is 1.48. The summed E-state index contributed by atoms with van der Waals surface area (Å²) in [6.45, 7) is 1.69. The Labute approximate surface area is 76.3 Å². The van der Waals surface area contributed by atoms with Crippen LogP contribution in [0.5, 0.6) is 0 Å². The van der Waals surface area contributed by atoms with E-state index in [0.717, 1.165) is 0 Å². The zero-order valence-corrected chi connectivity index (χ0v) is 7.49. The third kappa shape index (κ3) is 4.44. The smallest absolute Gasteiger partial charge is 0.326 e. The van der Waals surface area contributed by atoms with Crippen LogP contribution in [0.15, 0.2) is 0 Å². The van der Waals surface area contributed by atoms with E-state index in [0.29, 0.717) is 0 Å². The number of hydrogen-bond donors (Lipinski definition) is 4. The molecule has 0 saturated heterocycles. The van der Waals surface area contributed by atoms with Gasteiger partial charge in [0, 0.05) is 0 Å². The van der Waals surface area contributed by atoms with Gasteiger partial charge in [-0.3, -0.25) is 4.79 Å². The predicted molar refractivity (Wildman–Crippen MR) is 46.9 cm³/mol. The lowest BCUT2D eigenvalue weighted by Crippen LogP contribution is -2.48. The lowest BCUT2D eigenvalue weighted by atomic mass is 10.2. The first-order valence-corrected chi connectivity index (χ1v) is 3.98. The van der Waals surface area contributed by atoms with Gasteiger partial charge in [-0.05, 0) is 19.9 Å². The molecule has 0 aromatic rings. The molecule has 6 N–H and O–H groups in total. The van der Waals surface area contributed by atoms with Crippen LogP contribution in [0.25, 0.3) is 0 Å². The van der Waals surface area contributed by atoms with Gasteiger partial charge < -0.3 is 21.9 Å². The van der Waals surface area contributed by atoms with Gasteiger partial charge in [-0.15, -0.1) is 0 Å². The summed E-state index contributed by atoms with van der Waals surface area (Å²) in [5, 5.41) is 10.9. The minimum Gasteiger partial charge on any atom is -0.480 e. The first kappa shape index (κ1) is 11.9. The molecule has 1 amide bonds. The molecule has 13 heavy (non-hydrogen) atoms. The molecule has 0 unspecified atom stereocenters. The number of aliphatic carboxylic acids is 1. The summed E-state index contributed by atoms with van der Waals surface area (Å²) in [6, 6.07) is -1.65. The van der Waals surface area contributed by atoms with E-state index in [9.17, 15) is 9.59 Å². The molecule has 0 aliphatic rings. The van der Waals surface area contributed by atoms with Crippen molar-refractivity contribution in [2.45, 2.75) is 25.4 Å². The average molecular weight is 189 g/mol. The molecule has 0 aliphatic heterocycles. The van der Waals surface area contributed by atoms with Crippen LogP contribution in [0.3, 0.4) is 0 Å². The van der Waals surface area contributed by atoms with Gasteiger partial charge in [0.15, 0.2) is 0 Å². The van der Waals surface area contributed by atoms with Crippen LogP contribution < -0.4 is 16.8 Å². The van der Waals surface area contributed by atoms with Crippen LogP contribution in [-0.2, 0) is 9.59 Å². The Morgan fingerprint density at radius 1 is 1.54 bits per heavy atom. The van der Waals surface area contributed by atoms with E-state index < -0.39 is 24.0 Å². The maximum atomic E-state index is 11.0. The van der Waals surface area contributed by atoms with Gasteiger partial charge in [0.05, 0.1) is 6.04 Å². The summed E-state index contributed by atoms with van der Waals surface area (Å²) >= 11 is 0. The standard InChI is InChI=1S/C7H15N3O3/c1-4(9)6(11)10-5(2-3-8)7(12)13/h4-5H,2-3,8-9H2,1H3,(H,10,11)(H,12,13)/t4-,5-/m0/s1. The van der Waals surface area contributed by atoms with E-state index in [1.54, 1.807) is 0 Å². The zero-order chi connectivity index (χ0) is 10.4. The second kappa shape index (κ2) is 5.50. The maximum absolute atomic E-state index is 11.0. The fraction of sp³-hybridized carbons (Fsp3) is 0.714. The first-order chi connectivity index (χ1) is 5.99. The van der Waals surface area contributed by atoms with Crippen molar-refractivity contribution < 1.29 is 14.7 Å². The Balaban J connectivity index is 4.10. The quantitative estimate of drug-likeness (QED) is 0.409. The monoisotopic (exact) mass is 189 g/mol. The highest BCUT2D eigenvalue weighted by Crippen LogP contribution is 1.91. The summed E-state index contributed by atoms with van der Waals surface area (Å²) in [5.41, 5.74) is 10.4. The van der Waals surface area contributed by atoms with Gasteiger partial charge >= 0.3 is 5.97 Å². The second-order valence-electron chi connectivity index (χ2n) is 2.77. The predicted octanol–water partition coefficient (Wildman–Crippen LogP) is -1.75. The molecule has 6 heteroatoms. The van der Waals surface area contributed by atoms with Crippen molar-refractivity contribution in [2.24, 2.45) is 11.5 Å². The van der Waals surface area contributed by atoms with Crippen LogP contribution in [0, 0.1) is 0 Å². The van der Waals surface area contributed by atoms with Crippen molar-refractivity contribution in [3.05, 3.63) is 0 Å². The van der Waals surface area contributed by atoms with Gasteiger partial charge in [-0.1, -0.05) is 0 Å². The number of nitrogens with one attached hydrogen (secondary N) is 1. The number of carboxylic acid groups (broad SMARTS) is 1. The molecule has 0 aromatic carbocycles. The molecule has 0 aliphatic carbocycles. The van der Waals surface area contributed by atoms with Gasteiger partial charge in [-0.2, -0.15) is 0 Å². The number of amides is 1. The van der Waals surface area contributed by atoms with Gasteiger partial charge in [0.25, 0.3) is 0 Å². The molecule has 0 aromatic heterocycles. The molecule has 0 radical (unpaired) electrons. The van der Waals surface area contributed by atoms with Gasteiger partial charge in [0.1, 0.15) is 6.04 Å². The topological polar surface area (TPSA) is 118 Å². The van der Waals surface area contributed by atoms with E-state index in [2.05, 4.69) is 5.32 Å². The van der Waals surface area contributed by atoms with E-state index in [1.165, 1.54) is 6.92 Å². The fourth-order valence-corrected chi connectivity index (χ4v) is 0.727. The van der Waals surface area contributed by atoms with E-state index >= 15 is 0 Å². The number of hydrogen-bond acceptors (Lipinski definition) is 4. The first-order valence-electron chi connectivity index (χ1n) is 3.98. The van der Waals surface area contributed by atoms with Crippen LogP contribution in [-0.4, -0.2) is 35.6 Å². The Morgan fingerprint density at radius 2 is 2.08 bits per heavy atom. The minimum atomic E-state index is -1.10. The van der Waals surface area contributed by atoms with E-state index in [1.807, 2.05) is 0 Å². The van der Waals surface area contributed by atoms with Gasteiger partial charge in [-0.25, -0.2) is 4.79 Å². The Bertz CT molecular complexity index is 193. The number of carbonyl (C=O) groups is 2. The Morgan fingerprint density at radius 3 is 2.38 bits per heavy atom. The normalized spacial score (nSPS) is 14.7. The highest BCUT2D eigenvalue weighted by molar-refractivity contribution is 5.86. The molecule has 0 rings (SSSR count). The van der Waals surface area contributed by atoms with E-state index in [-0.39, 0.29) is 13.0 Å². The lowest BCUT2D eigenvalue weighted by Gasteiger charge is -2.14. The molecule has 0 saturated carbocycles. The number of carboxylic acids is 1. The third-order valence-electron chi connectivity index (χ3n) is 1.48. The van der Waals surface area contributed by atoms with Crippen molar-refractivity contribution in [3.8, 4) is 0 Å². The van der Waals surface area contributed by atoms with E-state index in [4.69, 9.17) is 16.6 Å². The zero-order valence-electron chi connectivity index (χ0n) is 7.49. The van der Waals surface area contributed by atoms with Crippen molar-refractivity contribution in [3.63, 3.8) is 0 Å². The molecule has 0 spiro atoms. The number of rotatable bonds is 5. The summed E-state index contributed by atoms with van der Waals surface area (Å²) in [5.74, 6) is -1.58. The SMILES string of the molecule is C[C@H](N)C(=O)N[C@@H](CCN)C(=O)O. The fourth-order valence-electron chi connectivity index (χ4n) is 0.727. The molecular formula is C7H15N3O3. The number of nitrogens with two attached hydrogens (primary N) is 2. The van der Waals surface area contributed by atoms with Crippen molar-refractivity contribution in [2.75, 3.05) is 6.54 Å². The highest BCUT2D eigenvalue weighted by Gasteiger charge is 2.20. The number of carbonyl (C=O) groups excluding carboxylic acids is 1. The second-order valence-corrected chi connectivity index (χ2v) is 2.77. The molecule has 0 heterocycles. The molecule has 76 valence electrons. The molecule has 0 fully saturated rings. The molecule has 0 bridgehead atoms. The molecule has 2 atom stereocenters. The van der Waals surface area contributed by atoms with Crippen LogP contribution in [0.2, 0.25) is 0 Å². The summed E-state index contributed by atoms with van der Waals surface area (Å²) < 4.78 is 0. The summed E-state index contributed by atoms with van der Waals surface area (Å²) in [6.07, 6.45) is 0.202. The minimum absolute atomic E-state index is 0.202. The van der Waals surface area contributed by atoms with Crippen molar-refractivity contribution in [1.29, 1.82) is 0 Å². The van der Waals surface area contributed by atoms with Crippen LogP contribution >= 0.6 is 0 Å². The van der Waals surface area contributed by atoms with Crippen LogP contribution in [0.4, 0.5) is 0 Å². The largest absolute Gasteiger partial charge is 0.480 e. The van der Waals surface area contributed by atoms with Gasteiger partial charge in [0.2, 0.25) is 5.91 Å².